The van der Waals surface area contributed by atoms with Gasteiger partial charge in [0.2, 0.25) is 11.8 Å². The Bertz CT molecular complexity index is 955. The normalized spacial score (nSPS) is 18.5. The third kappa shape index (κ3) is 5.85. The van der Waals surface area contributed by atoms with Crippen molar-refractivity contribution in [2.24, 2.45) is 5.92 Å². The van der Waals surface area contributed by atoms with Crippen molar-refractivity contribution in [2.45, 2.75) is 57.7 Å². The van der Waals surface area contributed by atoms with Crippen molar-refractivity contribution >= 4 is 28.6 Å². The van der Waals surface area contributed by atoms with Gasteiger partial charge < -0.3 is 20.7 Å². The number of hydrogen-bond donors (Lipinski definition) is 3. The minimum Gasteiger partial charge on any atom is -0.467 e. The van der Waals surface area contributed by atoms with E-state index in [1.54, 1.807) is 0 Å². The molecule has 0 spiro atoms. The molecule has 0 saturated carbocycles. The largest absolute Gasteiger partial charge is 0.467 e. The van der Waals surface area contributed by atoms with Crippen LogP contribution in [0, 0.1) is 5.92 Å². The van der Waals surface area contributed by atoms with Crippen molar-refractivity contribution in [1.82, 2.24) is 16.0 Å². The molecule has 1 unspecified atom stereocenters. The van der Waals surface area contributed by atoms with Crippen LogP contribution < -0.4 is 16.0 Å². The summed E-state index contributed by atoms with van der Waals surface area (Å²) in [5.74, 6) is -1.15. The standard InChI is InChI=1S/C25H33N3O4/c1-4-16(2)22(28-23(29)20-10-7-13-26-20)24(30)27-21(25(31)32-3)15-17-11-12-18-8-5-6-9-19(18)14-17/h5-6,8-9,11-12,14,16,20-22,26H,4,7,10,13,15H2,1-3H3,(H,27,30)(H,28,29)/t16?,20-,21-,22-/m0/s1. The Kier molecular flexibility index (Phi) is 8.22. The molecule has 1 fully saturated rings. The van der Waals surface area contributed by atoms with Crippen LogP contribution in [-0.4, -0.2) is 49.6 Å². The highest BCUT2D eigenvalue weighted by Crippen LogP contribution is 2.17. The number of carbonyl (C=O) groups excluding carboxylic acids is 3. The molecular formula is C25H33N3O4. The quantitative estimate of drug-likeness (QED) is 0.521. The SMILES string of the molecule is CCC(C)[C@H](NC(=O)[C@@H]1CCCN1)C(=O)N[C@@H](Cc1ccc2ccccc2c1)C(=O)OC. The fourth-order valence-corrected chi connectivity index (χ4v) is 4.06. The number of benzene rings is 2. The second-order valence-electron chi connectivity index (χ2n) is 8.49. The molecule has 1 aliphatic heterocycles. The highest BCUT2D eigenvalue weighted by atomic mass is 16.5. The van der Waals surface area contributed by atoms with Gasteiger partial charge in [-0.3, -0.25) is 9.59 Å². The summed E-state index contributed by atoms with van der Waals surface area (Å²) in [5, 5.41) is 11.0. The molecule has 32 heavy (non-hydrogen) atoms. The molecule has 0 bridgehead atoms. The van der Waals surface area contributed by atoms with Crippen molar-refractivity contribution in [3.8, 4) is 0 Å². The van der Waals surface area contributed by atoms with Gasteiger partial charge in [0.25, 0.3) is 0 Å². The second kappa shape index (κ2) is 11.1. The summed E-state index contributed by atoms with van der Waals surface area (Å²) < 4.78 is 4.95. The highest BCUT2D eigenvalue weighted by molar-refractivity contribution is 5.92. The Morgan fingerprint density at radius 3 is 2.53 bits per heavy atom. The number of fused-ring (bicyclic) bond motifs is 1. The molecule has 0 radical (unpaired) electrons. The van der Waals surface area contributed by atoms with Gasteiger partial charge in [0.1, 0.15) is 12.1 Å². The molecule has 4 atom stereocenters. The minimum atomic E-state index is -0.846. The minimum absolute atomic E-state index is 0.0840. The monoisotopic (exact) mass is 439 g/mol. The smallest absolute Gasteiger partial charge is 0.328 e. The number of esters is 1. The van der Waals surface area contributed by atoms with Gasteiger partial charge in [0.05, 0.1) is 13.2 Å². The molecule has 0 aromatic heterocycles. The summed E-state index contributed by atoms with van der Waals surface area (Å²) in [7, 11) is 1.31. The first-order valence-electron chi connectivity index (χ1n) is 11.3. The molecule has 2 aromatic carbocycles. The van der Waals surface area contributed by atoms with Crippen LogP contribution in [0.4, 0.5) is 0 Å². The van der Waals surface area contributed by atoms with E-state index in [0.717, 1.165) is 35.7 Å². The fraction of sp³-hybridized carbons (Fsp3) is 0.480. The molecule has 7 heteroatoms. The van der Waals surface area contributed by atoms with E-state index in [4.69, 9.17) is 4.74 Å². The summed E-state index contributed by atoms with van der Waals surface area (Å²) in [5.41, 5.74) is 0.915. The zero-order chi connectivity index (χ0) is 23.1. The van der Waals surface area contributed by atoms with Gasteiger partial charge in [0, 0.05) is 6.42 Å². The molecule has 1 heterocycles. The maximum absolute atomic E-state index is 13.2. The topological polar surface area (TPSA) is 96.5 Å². The van der Waals surface area contributed by atoms with Gasteiger partial charge in [-0.1, -0.05) is 62.7 Å². The molecule has 1 saturated heterocycles. The highest BCUT2D eigenvalue weighted by Gasteiger charge is 2.32. The van der Waals surface area contributed by atoms with E-state index >= 15 is 0 Å². The van der Waals surface area contributed by atoms with E-state index in [0.29, 0.717) is 12.8 Å². The Balaban J connectivity index is 1.74. The number of carbonyl (C=O) groups is 3. The number of hydrogen-bond acceptors (Lipinski definition) is 5. The summed E-state index contributed by atoms with van der Waals surface area (Å²) in [6.07, 6.45) is 2.71. The van der Waals surface area contributed by atoms with E-state index in [1.165, 1.54) is 7.11 Å². The number of rotatable bonds is 9. The van der Waals surface area contributed by atoms with Crippen LogP contribution in [0.15, 0.2) is 42.5 Å². The average molecular weight is 440 g/mol. The fourth-order valence-electron chi connectivity index (χ4n) is 4.06. The lowest BCUT2D eigenvalue weighted by atomic mass is 9.96. The van der Waals surface area contributed by atoms with Crippen LogP contribution in [0.25, 0.3) is 10.8 Å². The predicted octanol–water partition coefficient (Wildman–Crippen LogP) is 2.32. The summed E-state index contributed by atoms with van der Waals surface area (Å²) in [4.78, 5) is 38.3. The maximum Gasteiger partial charge on any atom is 0.328 e. The summed E-state index contributed by atoms with van der Waals surface area (Å²) >= 11 is 0. The predicted molar refractivity (Wildman–Crippen MR) is 124 cm³/mol. The third-order valence-corrected chi connectivity index (χ3v) is 6.23. The number of methoxy groups -OCH3 is 1. The average Bonchev–Trinajstić information content (AvgIpc) is 3.36. The van der Waals surface area contributed by atoms with Crippen molar-refractivity contribution in [2.75, 3.05) is 13.7 Å². The van der Waals surface area contributed by atoms with E-state index in [-0.39, 0.29) is 23.8 Å². The number of amides is 2. The van der Waals surface area contributed by atoms with Gasteiger partial charge >= 0.3 is 5.97 Å². The Morgan fingerprint density at radius 1 is 1.12 bits per heavy atom. The molecular weight excluding hydrogens is 406 g/mol. The van der Waals surface area contributed by atoms with Crippen LogP contribution in [0.5, 0.6) is 0 Å². The van der Waals surface area contributed by atoms with Gasteiger partial charge in [-0.15, -0.1) is 0 Å². The zero-order valence-corrected chi connectivity index (χ0v) is 19.0. The van der Waals surface area contributed by atoms with Gasteiger partial charge in [-0.2, -0.15) is 0 Å². The Morgan fingerprint density at radius 2 is 1.88 bits per heavy atom. The lowest BCUT2D eigenvalue weighted by Gasteiger charge is -2.27. The Hall–Kier alpha value is -2.93. The molecule has 2 amide bonds. The molecule has 2 aromatic rings. The molecule has 1 aliphatic rings. The van der Waals surface area contributed by atoms with E-state index in [9.17, 15) is 14.4 Å². The van der Waals surface area contributed by atoms with Crippen LogP contribution in [-0.2, 0) is 25.5 Å². The van der Waals surface area contributed by atoms with Crippen molar-refractivity contribution in [3.05, 3.63) is 48.0 Å². The first kappa shape index (κ1) is 23.7. The summed E-state index contributed by atoms with van der Waals surface area (Å²) in [6, 6.07) is 12.1. The summed E-state index contributed by atoms with van der Waals surface area (Å²) in [6.45, 7) is 4.69. The Labute approximate surface area is 189 Å². The number of nitrogens with one attached hydrogen (secondary N) is 3. The number of ether oxygens (including phenoxy) is 1. The van der Waals surface area contributed by atoms with Gasteiger partial charge in [0.15, 0.2) is 0 Å². The lowest BCUT2D eigenvalue weighted by molar-refractivity contribution is -0.145. The first-order chi connectivity index (χ1) is 15.4. The molecule has 3 N–H and O–H groups in total. The molecule has 0 aliphatic carbocycles. The van der Waals surface area contributed by atoms with E-state index in [1.807, 2.05) is 56.3 Å². The van der Waals surface area contributed by atoms with Crippen LogP contribution in [0.3, 0.4) is 0 Å². The van der Waals surface area contributed by atoms with Crippen LogP contribution in [0.2, 0.25) is 0 Å². The maximum atomic E-state index is 13.2. The molecule has 7 nitrogen and oxygen atoms in total. The van der Waals surface area contributed by atoms with Gasteiger partial charge in [-0.05, 0) is 41.6 Å². The molecule has 3 rings (SSSR count). The van der Waals surface area contributed by atoms with Gasteiger partial charge in [-0.25, -0.2) is 4.79 Å². The van der Waals surface area contributed by atoms with Crippen molar-refractivity contribution in [1.29, 1.82) is 0 Å². The second-order valence-corrected chi connectivity index (χ2v) is 8.49. The van der Waals surface area contributed by atoms with Crippen molar-refractivity contribution < 1.29 is 19.1 Å². The third-order valence-electron chi connectivity index (χ3n) is 6.23. The van der Waals surface area contributed by atoms with E-state index in [2.05, 4.69) is 16.0 Å². The first-order valence-corrected chi connectivity index (χ1v) is 11.3. The van der Waals surface area contributed by atoms with Crippen molar-refractivity contribution in [3.63, 3.8) is 0 Å². The van der Waals surface area contributed by atoms with E-state index < -0.39 is 18.1 Å². The lowest BCUT2D eigenvalue weighted by Crippen LogP contribution is -2.57. The van der Waals surface area contributed by atoms with Crippen LogP contribution >= 0.6 is 0 Å². The zero-order valence-electron chi connectivity index (χ0n) is 19.0. The van der Waals surface area contributed by atoms with Crippen LogP contribution in [0.1, 0.15) is 38.7 Å². The molecule has 172 valence electrons.